The average Bonchev–Trinajstić information content (AvgIpc) is 3.22. The average molecular weight is 275 g/mol. The number of carbonyl (C=O) groups is 2. The molecule has 20 heavy (non-hydrogen) atoms. The number of nitrogens with zero attached hydrogens (tertiary/aromatic N) is 1. The zero-order valence-electron chi connectivity index (χ0n) is 12.0. The van der Waals surface area contributed by atoms with Gasteiger partial charge >= 0.3 is 0 Å². The van der Waals surface area contributed by atoms with Gasteiger partial charge in [-0.25, -0.2) is 0 Å². The van der Waals surface area contributed by atoms with Crippen molar-refractivity contribution < 1.29 is 9.59 Å². The SMILES string of the molecule is CNC(=O)c1ccc(CN(C)CC(=O)NC2CC2)cc1. The van der Waals surface area contributed by atoms with Crippen molar-refractivity contribution in [2.75, 3.05) is 20.6 Å². The smallest absolute Gasteiger partial charge is 0.251 e. The fraction of sp³-hybridized carbons (Fsp3) is 0.467. The van der Waals surface area contributed by atoms with Crippen LogP contribution in [0, 0.1) is 0 Å². The van der Waals surface area contributed by atoms with Crippen LogP contribution in [-0.2, 0) is 11.3 Å². The molecule has 0 bridgehead atoms. The van der Waals surface area contributed by atoms with Gasteiger partial charge in [-0.15, -0.1) is 0 Å². The Morgan fingerprint density at radius 3 is 2.45 bits per heavy atom. The summed E-state index contributed by atoms with van der Waals surface area (Å²) in [4.78, 5) is 25.1. The molecule has 1 aromatic carbocycles. The predicted molar refractivity (Wildman–Crippen MR) is 77.3 cm³/mol. The van der Waals surface area contributed by atoms with E-state index in [9.17, 15) is 9.59 Å². The van der Waals surface area contributed by atoms with Crippen LogP contribution in [0.3, 0.4) is 0 Å². The van der Waals surface area contributed by atoms with Crippen LogP contribution in [0.2, 0.25) is 0 Å². The molecule has 108 valence electrons. The third-order valence-corrected chi connectivity index (χ3v) is 3.25. The molecular weight excluding hydrogens is 254 g/mol. The van der Waals surface area contributed by atoms with Crippen LogP contribution < -0.4 is 10.6 Å². The summed E-state index contributed by atoms with van der Waals surface area (Å²) >= 11 is 0. The molecule has 2 rings (SSSR count). The normalized spacial score (nSPS) is 14.2. The van der Waals surface area contributed by atoms with Gasteiger partial charge < -0.3 is 10.6 Å². The molecule has 1 aliphatic carbocycles. The summed E-state index contributed by atoms with van der Waals surface area (Å²) in [7, 11) is 3.53. The molecule has 0 saturated heterocycles. The van der Waals surface area contributed by atoms with Crippen molar-refractivity contribution in [2.45, 2.75) is 25.4 Å². The van der Waals surface area contributed by atoms with Gasteiger partial charge in [0.1, 0.15) is 0 Å². The number of carbonyl (C=O) groups excluding carboxylic acids is 2. The lowest BCUT2D eigenvalue weighted by Gasteiger charge is -2.16. The second-order valence-electron chi connectivity index (χ2n) is 5.29. The van der Waals surface area contributed by atoms with E-state index in [4.69, 9.17) is 0 Å². The lowest BCUT2D eigenvalue weighted by Crippen LogP contribution is -2.35. The molecule has 0 spiro atoms. The van der Waals surface area contributed by atoms with Crippen LogP contribution in [0.5, 0.6) is 0 Å². The summed E-state index contributed by atoms with van der Waals surface area (Å²) in [6.45, 7) is 1.08. The highest BCUT2D eigenvalue weighted by atomic mass is 16.2. The van der Waals surface area contributed by atoms with Gasteiger partial charge in [-0.1, -0.05) is 12.1 Å². The number of rotatable bonds is 6. The van der Waals surface area contributed by atoms with Crippen molar-refractivity contribution in [1.82, 2.24) is 15.5 Å². The van der Waals surface area contributed by atoms with Gasteiger partial charge in [0.05, 0.1) is 6.54 Å². The van der Waals surface area contributed by atoms with E-state index in [0.29, 0.717) is 24.7 Å². The number of hydrogen-bond donors (Lipinski definition) is 2. The maximum atomic E-state index is 11.7. The van der Waals surface area contributed by atoms with E-state index in [2.05, 4.69) is 10.6 Å². The molecule has 2 N–H and O–H groups in total. The second kappa shape index (κ2) is 6.52. The summed E-state index contributed by atoms with van der Waals surface area (Å²) in [5.41, 5.74) is 1.73. The number of likely N-dealkylation sites (N-methyl/N-ethyl adjacent to an activating group) is 1. The van der Waals surface area contributed by atoms with Crippen molar-refractivity contribution in [2.24, 2.45) is 0 Å². The molecule has 1 saturated carbocycles. The Hall–Kier alpha value is -1.88. The van der Waals surface area contributed by atoms with Crippen LogP contribution in [-0.4, -0.2) is 43.4 Å². The molecule has 0 heterocycles. The Morgan fingerprint density at radius 2 is 1.90 bits per heavy atom. The van der Waals surface area contributed by atoms with E-state index in [-0.39, 0.29) is 11.8 Å². The van der Waals surface area contributed by atoms with Gasteiger partial charge in [-0.3, -0.25) is 14.5 Å². The first-order valence-electron chi connectivity index (χ1n) is 6.87. The van der Waals surface area contributed by atoms with E-state index in [1.54, 1.807) is 19.2 Å². The summed E-state index contributed by atoms with van der Waals surface area (Å²) < 4.78 is 0. The molecule has 5 nitrogen and oxygen atoms in total. The second-order valence-corrected chi connectivity index (χ2v) is 5.29. The van der Waals surface area contributed by atoms with Gasteiger partial charge in [0, 0.05) is 25.2 Å². The maximum Gasteiger partial charge on any atom is 0.251 e. The zero-order chi connectivity index (χ0) is 14.5. The highest BCUT2D eigenvalue weighted by Crippen LogP contribution is 2.18. The fourth-order valence-electron chi connectivity index (χ4n) is 2.02. The first-order chi connectivity index (χ1) is 9.58. The first-order valence-corrected chi connectivity index (χ1v) is 6.87. The highest BCUT2D eigenvalue weighted by molar-refractivity contribution is 5.93. The third kappa shape index (κ3) is 4.35. The fourth-order valence-corrected chi connectivity index (χ4v) is 2.02. The van der Waals surface area contributed by atoms with Crippen molar-refractivity contribution in [3.8, 4) is 0 Å². The molecule has 0 atom stereocenters. The van der Waals surface area contributed by atoms with Crippen LogP contribution in [0.15, 0.2) is 24.3 Å². The Labute approximate surface area is 119 Å². The highest BCUT2D eigenvalue weighted by Gasteiger charge is 2.23. The van der Waals surface area contributed by atoms with Crippen LogP contribution in [0.1, 0.15) is 28.8 Å². The van der Waals surface area contributed by atoms with E-state index >= 15 is 0 Å². The Balaban J connectivity index is 1.82. The molecule has 0 aliphatic heterocycles. The maximum absolute atomic E-state index is 11.7. The van der Waals surface area contributed by atoms with E-state index in [1.165, 1.54) is 0 Å². The predicted octanol–water partition coefficient (Wildman–Crippen LogP) is 0.757. The standard InChI is InChI=1S/C15H21N3O2/c1-16-15(20)12-5-3-11(4-6-12)9-18(2)10-14(19)17-13-7-8-13/h3-6,13H,7-10H2,1-2H3,(H,16,20)(H,17,19). The summed E-state index contributed by atoms with van der Waals surface area (Å²) in [6.07, 6.45) is 2.22. The van der Waals surface area contributed by atoms with Crippen LogP contribution in [0.4, 0.5) is 0 Å². The minimum Gasteiger partial charge on any atom is -0.355 e. The van der Waals surface area contributed by atoms with Crippen LogP contribution in [0.25, 0.3) is 0 Å². The van der Waals surface area contributed by atoms with Gasteiger partial charge in [-0.05, 0) is 37.6 Å². The van der Waals surface area contributed by atoms with E-state index < -0.39 is 0 Å². The third-order valence-electron chi connectivity index (χ3n) is 3.25. The lowest BCUT2D eigenvalue weighted by atomic mass is 10.1. The van der Waals surface area contributed by atoms with Gasteiger partial charge in [0.25, 0.3) is 5.91 Å². The topological polar surface area (TPSA) is 61.4 Å². The molecule has 5 heteroatoms. The molecule has 1 aromatic rings. The molecule has 0 unspecified atom stereocenters. The van der Waals surface area contributed by atoms with Gasteiger partial charge in [0.15, 0.2) is 0 Å². The van der Waals surface area contributed by atoms with Crippen LogP contribution >= 0.6 is 0 Å². The number of benzene rings is 1. The van der Waals surface area contributed by atoms with Crippen molar-refractivity contribution >= 4 is 11.8 Å². The molecular formula is C15H21N3O2. The van der Waals surface area contributed by atoms with Gasteiger partial charge in [0.2, 0.25) is 5.91 Å². The van der Waals surface area contributed by atoms with E-state index in [0.717, 1.165) is 18.4 Å². The first kappa shape index (κ1) is 14.5. The Kier molecular flexibility index (Phi) is 4.74. The molecule has 2 amide bonds. The largest absolute Gasteiger partial charge is 0.355 e. The Bertz CT molecular complexity index is 480. The van der Waals surface area contributed by atoms with Crippen molar-refractivity contribution in [3.05, 3.63) is 35.4 Å². The van der Waals surface area contributed by atoms with Crippen molar-refractivity contribution in [3.63, 3.8) is 0 Å². The van der Waals surface area contributed by atoms with E-state index in [1.807, 2.05) is 24.1 Å². The summed E-state index contributed by atoms with van der Waals surface area (Å²) in [5.74, 6) is -0.00861. The number of nitrogens with one attached hydrogen (secondary N) is 2. The minimum absolute atomic E-state index is 0.0805. The zero-order valence-corrected chi connectivity index (χ0v) is 12.0. The van der Waals surface area contributed by atoms with Crippen molar-refractivity contribution in [1.29, 1.82) is 0 Å². The summed E-state index contributed by atoms with van der Waals surface area (Å²) in [5, 5.41) is 5.56. The minimum atomic E-state index is -0.0892. The molecule has 0 aromatic heterocycles. The Morgan fingerprint density at radius 1 is 1.25 bits per heavy atom. The molecule has 1 aliphatic rings. The summed E-state index contributed by atoms with van der Waals surface area (Å²) in [6, 6.07) is 7.83. The molecule has 0 radical (unpaired) electrons. The lowest BCUT2D eigenvalue weighted by molar-refractivity contribution is -0.122. The van der Waals surface area contributed by atoms with Gasteiger partial charge in [-0.2, -0.15) is 0 Å². The molecule has 1 fully saturated rings. The number of hydrogen-bond acceptors (Lipinski definition) is 3. The quantitative estimate of drug-likeness (QED) is 0.805. The number of amides is 2. The monoisotopic (exact) mass is 275 g/mol.